The Labute approximate surface area is 138 Å². The van der Waals surface area contributed by atoms with Crippen molar-refractivity contribution >= 4 is 22.7 Å². The van der Waals surface area contributed by atoms with Gasteiger partial charge in [0, 0.05) is 28.5 Å². The Kier molecular flexibility index (Phi) is 2.68. The molecule has 2 heterocycles. The van der Waals surface area contributed by atoms with E-state index in [4.69, 9.17) is 4.42 Å². The zero-order chi connectivity index (χ0) is 16.3. The third-order valence-electron chi connectivity index (χ3n) is 4.87. The van der Waals surface area contributed by atoms with Crippen molar-refractivity contribution in [3.63, 3.8) is 0 Å². The van der Waals surface area contributed by atoms with Gasteiger partial charge in [-0.15, -0.1) is 0 Å². The van der Waals surface area contributed by atoms with Crippen molar-refractivity contribution in [2.45, 2.75) is 13.3 Å². The van der Waals surface area contributed by atoms with E-state index in [1.807, 2.05) is 49.4 Å². The summed E-state index contributed by atoms with van der Waals surface area (Å²) < 4.78 is 6.03. The first-order valence-corrected chi connectivity index (χ1v) is 8.06. The lowest BCUT2D eigenvalue weighted by Gasteiger charge is -2.13. The molecule has 1 saturated carbocycles. The SMILES string of the molecule is Cc1c(C2=NNC(=O)C3CC23)ccc2nc(-c3ccccc3)oc12. The number of carbonyl (C=O) groups is 1. The average Bonchev–Trinajstić information content (AvgIpc) is 3.30. The van der Waals surface area contributed by atoms with Gasteiger partial charge in [-0.05, 0) is 31.5 Å². The first kappa shape index (κ1) is 13.5. The second kappa shape index (κ2) is 4.77. The molecule has 5 heteroatoms. The molecule has 0 bridgehead atoms. The van der Waals surface area contributed by atoms with Gasteiger partial charge in [0.2, 0.25) is 11.8 Å². The minimum absolute atomic E-state index is 0.0357. The van der Waals surface area contributed by atoms with E-state index in [9.17, 15) is 4.79 Å². The summed E-state index contributed by atoms with van der Waals surface area (Å²) in [5.41, 5.74) is 8.21. The summed E-state index contributed by atoms with van der Waals surface area (Å²) in [7, 11) is 0. The van der Waals surface area contributed by atoms with Crippen LogP contribution >= 0.6 is 0 Å². The number of rotatable bonds is 2. The minimum Gasteiger partial charge on any atom is -0.436 e. The van der Waals surface area contributed by atoms with Crippen molar-refractivity contribution in [2.75, 3.05) is 0 Å². The fraction of sp³-hybridized carbons (Fsp3) is 0.211. The lowest BCUT2D eigenvalue weighted by molar-refractivity contribution is -0.122. The Balaban J connectivity index is 1.62. The number of hydrogen-bond acceptors (Lipinski definition) is 4. The van der Waals surface area contributed by atoms with Gasteiger partial charge in [-0.25, -0.2) is 10.4 Å². The topological polar surface area (TPSA) is 67.5 Å². The van der Waals surface area contributed by atoms with E-state index in [1.54, 1.807) is 0 Å². The molecule has 2 unspecified atom stereocenters. The molecule has 5 rings (SSSR count). The van der Waals surface area contributed by atoms with Gasteiger partial charge in [0.05, 0.1) is 5.71 Å². The number of hydrogen-bond donors (Lipinski definition) is 1. The number of nitrogens with one attached hydrogen (secondary N) is 1. The Morgan fingerprint density at radius 3 is 2.79 bits per heavy atom. The molecule has 24 heavy (non-hydrogen) atoms. The Morgan fingerprint density at radius 1 is 1.12 bits per heavy atom. The predicted molar refractivity (Wildman–Crippen MR) is 90.5 cm³/mol. The lowest BCUT2D eigenvalue weighted by Crippen LogP contribution is -2.29. The lowest BCUT2D eigenvalue weighted by atomic mass is 9.98. The number of oxazole rings is 1. The van der Waals surface area contributed by atoms with Gasteiger partial charge in [-0.2, -0.15) is 5.10 Å². The maximum atomic E-state index is 11.6. The van der Waals surface area contributed by atoms with Crippen LogP contribution < -0.4 is 5.43 Å². The van der Waals surface area contributed by atoms with Crippen LogP contribution in [0.5, 0.6) is 0 Å². The molecule has 2 aromatic carbocycles. The molecule has 0 spiro atoms. The van der Waals surface area contributed by atoms with E-state index >= 15 is 0 Å². The van der Waals surface area contributed by atoms with Crippen LogP contribution in [0.25, 0.3) is 22.6 Å². The first-order chi connectivity index (χ1) is 11.7. The van der Waals surface area contributed by atoms with Gasteiger partial charge in [-0.1, -0.05) is 24.3 Å². The van der Waals surface area contributed by atoms with Gasteiger partial charge in [0.1, 0.15) is 5.52 Å². The number of amides is 1. The van der Waals surface area contributed by atoms with Crippen molar-refractivity contribution < 1.29 is 9.21 Å². The molecule has 0 saturated heterocycles. The van der Waals surface area contributed by atoms with Gasteiger partial charge >= 0.3 is 0 Å². The minimum atomic E-state index is 0.0357. The fourth-order valence-corrected chi connectivity index (χ4v) is 3.43. The standard InChI is InChI=1S/C19H15N3O2/c1-10-12(16-13-9-14(13)18(23)22-21-16)7-8-15-17(10)24-19(20-15)11-5-3-2-4-6-11/h2-8,13-14H,9H2,1H3,(H,22,23). The maximum Gasteiger partial charge on any atom is 0.243 e. The van der Waals surface area contributed by atoms with Crippen LogP contribution in [-0.4, -0.2) is 16.6 Å². The van der Waals surface area contributed by atoms with Gasteiger partial charge in [-0.3, -0.25) is 4.79 Å². The van der Waals surface area contributed by atoms with E-state index < -0.39 is 0 Å². The highest BCUT2D eigenvalue weighted by molar-refractivity contribution is 6.11. The van der Waals surface area contributed by atoms with Crippen molar-refractivity contribution in [3.8, 4) is 11.5 Å². The highest BCUT2D eigenvalue weighted by Crippen LogP contribution is 2.44. The normalized spacial score (nSPS) is 22.0. The van der Waals surface area contributed by atoms with E-state index in [1.165, 1.54) is 0 Å². The van der Waals surface area contributed by atoms with E-state index in [2.05, 4.69) is 15.5 Å². The molecule has 118 valence electrons. The molecule has 1 amide bonds. The molecule has 2 aliphatic rings. The van der Waals surface area contributed by atoms with Crippen LogP contribution in [0.3, 0.4) is 0 Å². The number of nitrogens with zero attached hydrogens (tertiary/aromatic N) is 2. The number of aromatic nitrogens is 1. The molecular formula is C19H15N3O2. The van der Waals surface area contributed by atoms with Crippen molar-refractivity contribution in [2.24, 2.45) is 16.9 Å². The van der Waals surface area contributed by atoms with E-state index in [-0.39, 0.29) is 17.7 Å². The Bertz CT molecular complexity index is 1000. The molecule has 1 fully saturated rings. The molecule has 1 aromatic heterocycles. The number of benzene rings is 2. The van der Waals surface area contributed by atoms with Gasteiger partial charge in [0.25, 0.3) is 0 Å². The summed E-state index contributed by atoms with van der Waals surface area (Å²) in [5.74, 6) is 0.983. The average molecular weight is 317 g/mol. The van der Waals surface area contributed by atoms with Crippen molar-refractivity contribution in [1.82, 2.24) is 10.4 Å². The summed E-state index contributed by atoms with van der Waals surface area (Å²) in [6, 6.07) is 13.9. The second-order valence-electron chi connectivity index (χ2n) is 6.39. The van der Waals surface area contributed by atoms with Gasteiger partial charge < -0.3 is 4.42 Å². The van der Waals surface area contributed by atoms with Crippen molar-refractivity contribution in [1.29, 1.82) is 0 Å². The molecule has 3 aromatic rings. The van der Waals surface area contributed by atoms with E-state index in [0.29, 0.717) is 5.89 Å². The number of fused-ring (bicyclic) bond motifs is 2. The summed E-state index contributed by atoms with van der Waals surface area (Å²) in [6.07, 6.45) is 0.883. The third-order valence-corrected chi connectivity index (χ3v) is 4.87. The maximum absolute atomic E-state index is 11.6. The number of hydrazone groups is 1. The number of aryl methyl sites for hydroxylation is 1. The van der Waals surface area contributed by atoms with E-state index in [0.717, 1.165) is 39.9 Å². The Morgan fingerprint density at radius 2 is 1.96 bits per heavy atom. The molecule has 1 aliphatic heterocycles. The Hall–Kier alpha value is -2.95. The van der Waals surface area contributed by atoms with Crippen LogP contribution in [0.1, 0.15) is 17.5 Å². The first-order valence-electron chi connectivity index (χ1n) is 8.06. The van der Waals surface area contributed by atoms with Crippen LogP contribution in [0, 0.1) is 18.8 Å². The van der Waals surface area contributed by atoms with Crippen LogP contribution in [0.2, 0.25) is 0 Å². The predicted octanol–water partition coefficient (Wildman–Crippen LogP) is 3.27. The fourth-order valence-electron chi connectivity index (χ4n) is 3.43. The quantitative estimate of drug-likeness (QED) is 0.789. The molecule has 2 atom stereocenters. The highest BCUT2D eigenvalue weighted by atomic mass is 16.3. The second-order valence-corrected chi connectivity index (χ2v) is 6.39. The summed E-state index contributed by atoms with van der Waals surface area (Å²) in [4.78, 5) is 16.2. The molecule has 1 aliphatic carbocycles. The molecule has 1 N–H and O–H groups in total. The van der Waals surface area contributed by atoms with Crippen LogP contribution in [0.4, 0.5) is 0 Å². The van der Waals surface area contributed by atoms with Crippen molar-refractivity contribution in [3.05, 3.63) is 53.6 Å². The summed E-state index contributed by atoms with van der Waals surface area (Å²) in [5, 5.41) is 4.29. The molecule has 5 nitrogen and oxygen atoms in total. The molecular weight excluding hydrogens is 302 g/mol. The monoisotopic (exact) mass is 317 g/mol. The largest absolute Gasteiger partial charge is 0.436 e. The summed E-state index contributed by atoms with van der Waals surface area (Å²) >= 11 is 0. The highest BCUT2D eigenvalue weighted by Gasteiger charge is 2.49. The van der Waals surface area contributed by atoms with Crippen LogP contribution in [0.15, 0.2) is 52.0 Å². The van der Waals surface area contributed by atoms with Crippen LogP contribution in [-0.2, 0) is 4.79 Å². The molecule has 0 radical (unpaired) electrons. The zero-order valence-corrected chi connectivity index (χ0v) is 13.1. The number of carbonyl (C=O) groups excluding carboxylic acids is 1. The smallest absolute Gasteiger partial charge is 0.243 e. The summed E-state index contributed by atoms with van der Waals surface area (Å²) in [6.45, 7) is 2.02. The zero-order valence-electron chi connectivity index (χ0n) is 13.1. The third kappa shape index (κ3) is 1.91. The van der Waals surface area contributed by atoms with Gasteiger partial charge in [0.15, 0.2) is 5.58 Å².